The molecule has 0 aliphatic carbocycles. The lowest BCUT2D eigenvalue weighted by Crippen LogP contribution is -2.25. The lowest BCUT2D eigenvalue weighted by atomic mass is 10.0. The zero-order valence-electron chi connectivity index (χ0n) is 8.83. The predicted molar refractivity (Wildman–Crippen MR) is 57.1 cm³/mol. The summed E-state index contributed by atoms with van der Waals surface area (Å²) in [5.41, 5.74) is 2.26. The molecule has 0 bridgehead atoms. The summed E-state index contributed by atoms with van der Waals surface area (Å²) in [6, 6.07) is 1.98. The second-order valence-electron chi connectivity index (χ2n) is 3.42. The molecule has 2 N–H and O–H groups in total. The summed E-state index contributed by atoms with van der Waals surface area (Å²) in [5.74, 6) is 0. The SMILES string of the molecule is CCCNC(CO)c1cnccc1C. The second-order valence-corrected chi connectivity index (χ2v) is 3.42. The van der Waals surface area contributed by atoms with Gasteiger partial charge in [-0.25, -0.2) is 0 Å². The smallest absolute Gasteiger partial charge is 0.0627 e. The fourth-order valence-corrected chi connectivity index (χ4v) is 1.43. The average molecular weight is 194 g/mol. The van der Waals surface area contributed by atoms with E-state index in [2.05, 4.69) is 17.2 Å². The summed E-state index contributed by atoms with van der Waals surface area (Å²) in [5, 5.41) is 12.5. The molecule has 1 aromatic rings. The van der Waals surface area contributed by atoms with Crippen LogP contribution in [-0.2, 0) is 0 Å². The van der Waals surface area contributed by atoms with Crippen LogP contribution in [0.25, 0.3) is 0 Å². The quantitative estimate of drug-likeness (QED) is 0.745. The highest BCUT2D eigenvalue weighted by Crippen LogP contribution is 2.15. The number of hydrogen-bond acceptors (Lipinski definition) is 3. The van der Waals surface area contributed by atoms with Crippen LogP contribution in [0.4, 0.5) is 0 Å². The minimum atomic E-state index is 0.0173. The Morgan fingerprint density at radius 1 is 1.57 bits per heavy atom. The molecule has 14 heavy (non-hydrogen) atoms. The van der Waals surface area contributed by atoms with Crippen molar-refractivity contribution in [3.8, 4) is 0 Å². The van der Waals surface area contributed by atoms with Gasteiger partial charge in [-0.15, -0.1) is 0 Å². The van der Waals surface area contributed by atoms with Crippen LogP contribution in [0.1, 0.15) is 30.5 Å². The van der Waals surface area contributed by atoms with E-state index in [1.54, 1.807) is 6.20 Å². The Hall–Kier alpha value is -0.930. The molecule has 1 rings (SSSR count). The Morgan fingerprint density at radius 3 is 2.93 bits per heavy atom. The van der Waals surface area contributed by atoms with Gasteiger partial charge >= 0.3 is 0 Å². The largest absolute Gasteiger partial charge is 0.394 e. The number of aryl methyl sites for hydroxylation is 1. The predicted octanol–water partition coefficient (Wildman–Crippen LogP) is 1.42. The van der Waals surface area contributed by atoms with E-state index in [9.17, 15) is 5.11 Å². The normalized spacial score (nSPS) is 12.8. The Balaban J connectivity index is 2.73. The highest BCUT2D eigenvalue weighted by atomic mass is 16.3. The molecule has 1 heterocycles. The number of aliphatic hydroxyl groups is 1. The van der Waals surface area contributed by atoms with Gasteiger partial charge in [0.05, 0.1) is 12.6 Å². The maximum Gasteiger partial charge on any atom is 0.0627 e. The zero-order chi connectivity index (χ0) is 10.4. The number of aromatic nitrogens is 1. The first-order valence-corrected chi connectivity index (χ1v) is 5.04. The monoisotopic (exact) mass is 194 g/mol. The van der Waals surface area contributed by atoms with E-state index in [-0.39, 0.29) is 12.6 Å². The fraction of sp³-hybridized carbons (Fsp3) is 0.545. The second kappa shape index (κ2) is 5.73. The van der Waals surface area contributed by atoms with Gasteiger partial charge < -0.3 is 10.4 Å². The van der Waals surface area contributed by atoms with Crippen LogP contribution >= 0.6 is 0 Å². The first-order valence-electron chi connectivity index (χ1n) is 5.04. The molecule has 1 aromatic heterocycles. The standard InChI is InChI=1S/C11H18N2O/c1-3-5-13-11(8-14)10-7-12-6-4-9(10)2/h4,6-7,11,13-14H,3,5,8H2,1-2H3. The van der Waals surface area contributed by atoms with Crippen molar-refractivity contribution in [2.75, 3.05) is 13.2 Å². The minimum absolute atomic E-state index is 0.0173. The van der Waals surface area contributed by atoms with Crippen molar-refractivity contribution in [1.29, 1.82) is 0 Å². The van der Waals surface area contributed by atoms with Crippen molar-refractivity contribution in [2.45, 2.75) is 26.3 Å². The number of hydrogen-bond donors (Lipinski definition) is 2. The molecular weight excluding hydrogens is 176 g/mol. The lowest BCUT2D eigenvalue weighted by molar-refractivity contribution is 0.244. The van der Waals surface area contributed by atoms with E-state index >= 15 is 0 Å². The molecule has 0 aromatic carbocycles. The summed E-state index contributed by atoms with van der Waals surface area (Å²) in [6.07, 6.45) is 4.65. The van der Waals surface area contributed by atoms with Crippen LogP contribution in [-0.4, -0.2) is 23.2 Å². The van der Waals surface area contributed by atoms with Gasteiger partial charge in [0.1, 0.15) is 0 Å². The summed E-state index contributed by atoms with van der Waals surface area (Å²) in [6.45, 7) is 5.18. The third-order valence-electron chi connectivity index (χ3n) is 2.28. The molecule has 0 aliphatic rings. The van der Waals surface area contributed by atoms with E-state index < -0.39 is 0 Å². The van der Waals surface area contributed by atoms with Crippen molar-refractivity contribution in [3.63, 3.8) is 0 Å². The Bertz CT molecular complexity index is 276. The van der Waals surface area contributed by atoms with Gasteiger partial charge in [-0.05, 0) is 37.1 Å². The van der Waals surface area contributed by atoms with E-state index in [1.165, 1.54) is 5.56 Å². The lowest BCUT2D eigenvalue weighted by Gasteiger charge is -2.17. The van der Waals surface area contributed by atoms with Crippen molar-refractivity contribution in [3.05, 3.63) is 29.6 Å². The van der Waals surface area contributed by atoms with Crippen molar-refractivity contribution < 1.29 is 5.11 Å². The minimum Gasteiger partial charge on any atom is -0.394 e. The van der Waals surface area contributed by atoms with Crippen molar-refractivity contribution in [1.82, 2.24) is 10.3 Å². The van der Waals surface area contributed by atoms with E-state index in [0.717, 1.165) is 18.5 Å². The molecule has 0 fully saturated rings. The summed E-state index contributed by atoms with van der Waals surface area (Å²) < 4.78 is 0. The van der Waals surface area contributed by atoms with Crippen LogP contribution in [0.3, 0.4) is 0 Å². The molecule has 0 amide bonds. The molecule has 1 unspecified atom stereocenters. The summed E-state index contributed by atoms with van der Waals surface area (Å²) in [4.78, 5) is 4.07. The molecular formula is C11H18N2O. The van der Waals surface area contributed by atoms with E-state index in [1.807, 2.05) is 19.2 Å². The van der Waals surface area contributed by atoms with Gasteiger partial charge in [0, 0.05) is 12.4 Å². The third kappa shape index (κ3) is 2.79. The highest BCUT2D eigenvalue weighted by molar-refractivity contribution is 5.25. The topological polar surface area (TPSA) is 45.1 Å². The van der Waals surface area contributed by atoms with Gasteiger partial charge in [0.25, 0.3) is 0 Å². The van der Waals surface area contributed by atoms with Crippen LogP contribution in [0.5, 0.6) is 0 Å². The number of nitrogens with one attached hydrogen (secondary N) is 1. The Kier molecular flexibility index (Phi) is 4.56. The van der Waals surface area contributed by atoms with E-state index in [0.29, 0.717) is 0 Å². The fourth-order valence-electron chi connectivity index (χ4n) is 1.43. The number of nitrogens with zero attached hydrogens (tertiary/aromatic N) is 1. The van der Waals surface area contributed by atoms with Crippen LogP contribution in [0.15, 0.2) is 18.5 Å². The Morgan fingerprint density at radius 2 is 2.36 bits per heavy atom. The number of aliphatic hydroxyl groups excluding tert-OH is 1. The first-order chi connectivity index (χ1) is 6.79. The molecule has 3 nitrogen and oxygen atoms in total. The molecule has 0 aliphatic heterocycles. The van der Waals surface area contributed by atoms with Gasteiger partial charge in [-0.2, -0.15) is 0 Å². The van der Waals surface area contributed by atoms with Crippen LogP contribution in [0.2, 0.25) is 0 Å². The van der Waals surface area contributed by atoms with Gasteiger partial charge in [-0.1, -0.05) is 6.92 Å². The van der Waals surface area contributed by atoms with Crippen LogP contribution in [0, 0.1) is 6.92 Å². The van der Waals surface area contributed by atoms with Gasteiger partial charge in [0.15, 0.2) is 0 Å². The Labute approximate surface area is 85.2 Å². The van der Waals surface area contributed by atoms with Gasteiger partial charge in [-0.3, -0.25) is 4.98 Å². The molecule has 0 spiro atoms. The number of rotatable bonds is 5. The number of pyridine rings is 1. The molecule has 0 saturated carbocycles. The summed E-state index contributed by atoms with van der Waals surface area (Å²) in [7, 11) is 0. The van der Waals surface area contributed by atoms with Crippen molar-refractivity contribution >= 4 is 0 Å². The first kappa shape index (κ1) is 11.1. The molecule has 3 heteroatoms. The molecule has 78 valence electrons. The maximum absolute atomic E-state index is 9.24. The van der Waals surface area contributed by atoms with Crippen molar-refractivity contribution in [2.24, 2.45) is 0 Å². The average Bonchev–Trinajstić information content (AvgIpc) is 2.21. The molecule has 0 saturated heterocycles. The zero-order valence-corrected chi connectivity index (χ0v) is 8.83. The highest BCUT2D eigenvalue weighted by Gasteiger charge is 2.11. The third-order valence-corrected chi connectivity index (χ3v) is 2.28. The molecule has 1 atom stereocenters. The molecule has 0 radical (unpaired) electrons. The maximum atomic E-state index is 9.24. The van der Waals surface area contributed by atoms with E-state index in [4.69, 9.17) is 0 Å². The van der Waals surface area contributed by atoms with Crippen LogP contribution < -0.4 is 5.32 Å². The van der Waals surface area contributed by atoms with Gasteiger partial charge in [0.2, 0.25) is 0 Å². The summed E-state index contributed by atoms with van der Waals surface area (Å²) >= 11 is 0.